The van der Waals surface area contributed by atoms with Crippen molar-refractivity contribution in [3.63, 3.8) is 0 Å². The maximum Gasteiger partial charge on any atom is 0.339 e. The number of amides is 1. The first-order chi connectivity index (χ1) is 11.3. The van der Waals surface area contributed by atoms with Crippen molar-refractivity contribution in [2.75, 3.05) is 5.32 Å². The maximum atomic E-state index is 13.5. The van der Waals surface area contributed by atoms with E-state index >= 15 is 0 Å². The SMILES string of the molecule is Cc1cc(I)ccc1NC(=O)C1(C)Cc2cc(F)ccc2C(=O)O1. The molecule has 0 saturated carbocycles. The minimum absolute atomic E-state index is 0.126. The first kappa shape index (κ1) is 16.9. The molecule has 0 spiro atoms. The fraction of sp³-hybridized carbons (Fsp3) is 0.222. The Hall–Kier alpha value is -1.96. The Kier molecular flexibility index (Phi) is 4.33. The quantitative estimate of drug-likeness (QED) is 0.572. The molecule has 0 radical (unpaired) electrons. The summed E-state index contributed by atoms with van der Waals surface area (Å²) in [5.41, 5.74) is 0.957. The minimum Gasteiger partial charge on any atom is -0.445 e. The molecule has 1 unspecified atom stereocenters. The Balaban J connectivity index is 1.88. The van der Waals surface area contributed by atoms with E-state index in [1.54, 1.807) is 6.07 Å². The Morgan fingerprint density at radius 1 is 1.29 bits per heavy atom. The Labute approximate surface area is 152 Å². The lowest BCUT2D eigenvalue weighted by atomic mass is 9.89. The number of esters is 1. The Bertz CT molecular complexity index is 852. The van der Waals surface area contributed by atoms with Crippen LogP contribution in [0, 0.1) is 16.3 Å². The van der Waals surface area contributed by atoms with E-state index in [-0.39, 0.29) is 6.42 Å². The van der Waals surface area contributed by atoms with Gasteiger partial charge in [0.1, 0.15) is 5.82 Å². The second kappa shape index (κ2) is 6.16. The molecule has 0 aliphatic carbocycles. The average molecular weight is 439 g/mol. The number of nitrogens with one attached hydrogen (secondary N) is 1. The Morgan fingerprint density at radius 2 is 2.04 bits per heavy atom. The lowest BCUT2D eigenvalue weighted by Gasteiger charge is -2.33. The van der Waals surface area contributed by atoms with Gasteiger partial charge in [0.2, 0.25) is 0 Å². The summed E-state index contributed by atoms with van der Waals surface area (Å²) in [6.07, 6.45) is 0.126. The van der Waals surface area contributed by atoms with Crippen LogP contribution in [-0.2, 0) is 16.0 Å². The van der Waals surface area contributed by atoms with Gasteiger partial charge in [-0.3, -0.25) is 4.79 Å². The van der Waals surface area contributed by atoms with Crippen LogP contribution >= 0.6 is 22.6 Å². The highest BCUT2D eigenvalue weighted by atomic mass is 127. The summed E-state index contributed by atoms with van der Waals surface area (Å²) in [7, 11) is 0. The molecule has 24 heavy (non-hydrogen) atoms. The predicted octanol–water partition coefficient (Wildman–Crippen LogP) is 3.85. The van der Waals surface area contributed by atoms with E-state index < -0.39 is 23.3 Å². The second-order valence-corrected chi connectivity index (χ2v) is 7.26. The number of carbonyl (C=O) groups excluding carboxylic acids is 2. The first-order valence-corrected chi connectivity index (χ1v) is 8.46. The van der Waals surface area contributed by atoms with Crippen molar-refractivity contribution in [2.24, 2.45) is 0 Å². The van der Waals surface area contributed by atoms with Crippen LogP contribution in [0.3, 0.4) is 0 Å². The monoisotopic (exact) mass is 439 g/mol. The molecule has 4 nitrogen and oxygen atoms in total. The number of rotatable bonds is 2. The van der Waals surface area contributed by atoms with Gasteiger partial charge in [0.15, 0.2) is 5.60 Å². The summed E-state index contributed by atoms with van der Waals surface area (Å²) in [6, 6.07) is 9.48. The molecule has 1 aliphatic rings. The molecule has 0 saturated heterocycles. The molecule has 1 N–H and O–H groups in total. The summed E-state index contributed by atoms with van der Waals surface area (Å²) >= 11 is 2.19. The van der Waals surface area contributed by atoms with Gasteiger partial charge in [-0.15, -0.1) is 0 Å². The van der Waals surface area contributed by atoms with E-state index in [4.69, 9.17) is 4.74 Å². The fourth-order valence-corrected chi connectivity index (χ4v) is 3.36. The largest absolute Gasteiger partial charge is 0.445 e. The first-order valence-electron chi connectivity index (χ1n) is 7.38. The number of cyclic esters (lactones) is 1. The third-order valence-electron chi connectivity index (χ3n) is 4.05. The smallest absolute Gasteiger partial charge is 0.339 e. The van der Waals surface area contributed by atoms with E-state index in [0.717, 1.165) is 9.13 Å². The molecule has 6 heteroatoms. The number of aryl methyl sites for hydroxylation is 1. The fourth-order valence-electron chi connectivity index (χ4n) is 2.72. The molecule has 0 aromatic heterocycles. The summed E-state index contributed by atoms with van der Waals surface area (Å²) in [6.45, 7) is 3.42. The van der Waals surface area contributed by atoms with Crippen LogP contribution in [0.25, 0.3) is 0 Å². The van der Waals surface area contributed by atoms with E-state index in [1.807, 2.05) is 19.1 Å². The van der Waals surface area contributed by atoms with Gasteiger partial charge in [-0.1, -0.05) is 0 Å². The molecule has 3 rings (SSSR count). The lowest BCUT2D eigenvalue weighted by molar-refractivity contribution is -0.134. The standard InChI is InChI=1S/C18H15FINO3/c1-10-7-13(20)4-6-15(10)21-17(23)18(2)9-11-8-12(19)3-5-14(11)16(22)24-18/h3-8H,9H2,1-2H3,(H,21,23). The zero-order valence-corrected chi connectivity index (χ0v) is 15.3. The van der Waals surface area contributed by atoms with Gasteiger partial charge >= 0.3 is 5.97 Å². The number of hydrogen-bond donors (Lipinski definition) is 1. The minimum atomic E-state index is -1.38. The molecule has 0 fully saturated rings. The third kappa shape index (κ3) is 3.15. The van der Waals surface area contributed by atoms with Crippen LogP contribution in [0.15, 0.2) is 36.4 Å². The number of fused-ring (bicyclic) bond motifs is 1. The van der Waals surface area contributed by atoms with Crippen molar-refractivity contribution in [2.45, 2.75) is 25.9 Å². The molecular formula is C18H15FINO3. The molecule has 2 aromatic carbocycles. The van der Waals surface area contributed by atoms with Gasteiger partial charge in [0.05, 0.1) is 5.56 Å². The highest BCUT2D eigenvalue weighted by Gasteiger charge is 2.43. The number of anilines is 1. The predicted molar refractivity (Wildman–Crippen MR) is 96.5 cm³/mol. The van der Waals surface area contributed by atoms with Crippen LogP contribution in [-0.4, -0.2) is 17.5 Å². The summed E-state index contributed by atoms with van der Waals surface area (Å²) in [5, 5.41) is 2.80. The third-order valence-corrected chi connectivity index (χ3v) is 4.72. The normalized spacial score (nSPS) is 19.4. The molecule has 0 bridgehead atoms. The molecule has 1 heterocycles. The van der Waals surface area contributed by atoms with Crippen molar-refractivity contribution in [1.29, 1.82) is 0 Å². The van der Waals surface area contributed by atoms with Gasteiger partial charge in [-0.2, -0.15) is 0 Å². The van der Waals surface area contributed by atoms with E-state index in [2.05, 4.69) is 27.9 Å². The van der Waals surface area contributed by atoms with Gasteiger partial charge < -0.3 is 10.1 Å². The highest BCUT2D eigenvalue weighted by Crippen LogP contribution is 2.30. The van der Waals surface area contributed by atoms with Crippen molar-refractivity contribution in [3.8, 4) is 0 Å². The Morgan fingerprint density at radius 3 is 2.75 bits per heavy atom. The van der Waals surface area contributed by atoms with Crippen molar-refractivity contribution < 1.29 is 18.7 Å². The molecular weight excluding hydrogens is 424 g/mol. The van der Waals surface area contributed by atoms with Crippen LogP contribution in [0.4, 0.5) is 10.1 Å². The van der Waals surface area contributed by atoms with Gasteiger partial charge in [0.25, 0.3) is 5.91 Å². The van der Waals surface area contributed by atoms with E-state index in [1.165, 1.54) is 25.1 Å². The topological polar surface area (TPSA) is 55.4 Å². The van der Waals surface area contributed by atoms with Crippen LogP contribution in [0.2, 0.25) is 0 Å². The molecule has 2 aromatic rings. The zero-order chi connectivity index (χ0) is 17.5. The molecule has 1 atom stereocenters. The second-order valence-electron chi connectivity index (χ2n) is 6.01. The van der Waals surface area contributed by atoms with Crippen molar-refractivity contribution in [3.05, 3.63) is 62.5 Å². The van der Waals surface area contributed by atoms with Gasteiger partial charge in [-0.25, -0.2) is 9.18 Å². The van der Waals surface area contributed by atoms with E-state index in [9.17, 15) is 14.0 Å². The number of halogens is 2. The van der Waals surface area contributed by atoms with Crippen LogP contribution in [0.1, 0.15) is 28.4 Å². The van der Waals surface area contributed by atoms with Crippen molar-refractivity contribution in [1.82, 2.24) is 0 Å². The number of carbonyl (C=O) groups is 2. The number of benzene rings is 2. The van der Waals surface area contributed by atoms with Gasteiger partial charge in [-0.05, 0) is 84.0 Å². The zero-order valence-electron chi connectivity index (χ0n) is 13.2. The lowest BCUT2D eigenvalue weighted by Crippen LogP contribution is -2.49. The summed E-state index contributed by atoms with van der Waals surface area (Å²) in [5.74, 6) is -1.50. The van der Waals surface area contributed by atoms with Crippen molar-refractivity contribution >= 4 is 40.2 Å². The summed E-state index contributed by atoms with van der Waals surface area (Å²) < 4.78 is 19.9. The molecule has 124 valence electrons. The average Bonchev–Trinajstić information content (AvgIpc) is 2.49. The maximum absolute atomic E-state index is 13.5. The van der Waals surface area contributed by atoms with E-state index in [0.29, 0.717) is 16.8 Å². The summed E-state index contributed by atoms with van der Waals surface area (Å²) in [4.78, 5) is 24.8. The molecule has 1 amide bonds. The number of ether oxygens (including phenoxy) is 1. The molecule has 1 aliphatic heterocycles. The van der Waals surface area contributed by atoms with Crippen LogP contribution < -0.4 is 5.32 Å². The highest BCUT2D eigenvalue weighted by molar-refractivity contribution is 14.1. The van der Waals surface area contributed by atoms with Gasteiger partial charge in [0, 0.05) is 15.7 Å². The van der Waals surface area contributed by atoms with Crippen LogP contribution in [0.5, 0.6) is 0 Å². The number of hydrogen-bond acceptors (Lipinski definition) is 3.